The predicted octanol–water partition coefficient (Wildman–Crippen LogP) is 1.77. The van der Waals surface area contributed by atoms with Crippen molar-refractivity contribution in [2.75, 3.05) is 4.72 Å². The average Bonchev–Trinajstić information content (AvgIpc) is 2.44. The molecular formula is C13H11N3O3S. The van der Waals surface area contributed by atoms with Crippen LogP contribution in [-0.2, 0) is 10.0 Å². The van der Waals surface area contributed by atoms with Crippen LogP contribution in [0.3, 0.4) is 0 Å². The molecule has 1 aromatic carbocycles. The summed E-state index contributed by atoms with van der Waals surface area (Å²) >= 11 is 0. The molecule has 0 atom stereocenters. The van der Waals surface area contributed by atoms with Gasteiger partial charge in [-0.15, -0.1) is 0 Å². The van der Waals surface area contributed by atoms with Crippen molar-refractivity contribution < 1.29 is 13.5 Å². The Morgan fingerprint density at radius 3 is 2.65 bits per heavy atom. The molecule has 1 aromatic heterocycles. The van der Waals surface area contributed by atoms with E-state index in [0.29, 0.717) is 5.56 Å². The van der Waals surface area contributed by atoms with E-state index in [9.17, 15) is 13.5 Å². The van der Waals surface area contributed by atoms with Crippen LogP contribution in [0.2, 0.25) is 0 Å². The average molecular weight is 289 g/mol. The topological polar surface area (TPSA) is 103 Å². The van der Waals surface area contributed by atoms with Crippen LogP contribution < -0.4 is 4.72 Å². The number of phenols is 1. The second kappa shape index (κ2) is 5.19. The normalized spacial score (nSPS) is 10.8. The summed E-state index contributed by atoms with van der Waals surface area (Å²) < 4.78 is 26.7. The number of benzene rings is 1. The van der Waals surface area contributed by atoms with Crippen LogP contribution in [0.25, 0.3) is 0 Å². The molecule has 0 spiro atoms. The highest BCUT2D eigenvalue weighted by molar-refractivity contribution is 7.92. The molecule has 102 valence electrons. The third-order valence-electron chi connectivity index (χ3n) is 2.71. The Kier molecular flexibility index (Phi) is 3.59. The summed E-state index contributed by atoms with van der Waals surface area (Å²) in [5, 5.41) is 18.2. The van der Waals surface area contributed by atoms with Crippen molar-refractivity contribution in [3.8, 4) is 11.8 Å². The van der Waals surface area contributed by atoms with Crippen LogP contribution in [-0.4, -0.2) is 18.5 Å². The number of nitrogens with one attached hydrogen (secondary N) is 1. The van der Waals surface area contributed by atoms with Crippen molar-refractivity contribution in [2.45, 2.75) is 11.8 Å². The number of sulfonamides is 1. The van der Waals surface area contributed by atoms with Gasteiger partial charge in [0.05, 0.1) is 5.69 Å². The molecule has 0 fully saturated rings. The highest BCUT2D eigenvalue weighted by atomic mass is 32.2. The van der Waals surface area contributed by atoms with E-state index in [-0.39, 0.29) is 22.0 Å². The fourth-order valence-corrected chi connectivity index (χ4v) is 2.61. The molecule has 0 aliphatic carbocycles. The first-order chi connectivity index (χ1) is 9.44. The first kappa shape index (κ1) is 13.8. The Bertz CT molecular complexity index is 777. The summed E-state index contributed by atoms with van der Waals surface area (Å²) in [7, 11) is -3.81. The van der Waals surface area contributed by atoms with E-state index in [1.165, 1.54) is 24.3 Å². The molecule has 0 aliphatic rings. The van der Waals surface area contributed by atoms with Gasteiger partial charge in [0.1, 0.15) is 22.4 Å². The maximum Gasteiger partial charge on any atom is 0.263 e. The van der Waals surface area contributed by atoms with Crippen molar-refractivity contribution in [1.29, 1.82) is 5.26 Å². The standard InChI is InChI=1S/C13H11N3O3S/c1-9-12(3-2-4-13(9)17)16-20(18,19)11-6-5-10(7-14)15-8-11/h2-6,8,16-17H,1H3. The number of nitriles is 1. The van der Waals surface area contributed by atoms with Gasteiger partial charge in [0.2, 0.25) is 0 Å². The molecule has 0 bridgehead atoms. The van der Waals surface area contributed by atoms with Crippen molar-refractivity contribution in [3.63, 3.8) is 0 Å². The Labute approximate surface area is 116 Å². The van der Waals surface area contributed by atoms with Gasteiger partial charge in [0.25, 0.3) is 10.0 Å². The van der Waals surface area contributed by atoms with Gasteiger partial charge in [0, 0.05) is 11.8 Å². The molecular weight excluding hydrogens is 278 g/mol. The zero-order chi connectivity index (χ0) is 14.8. The molecule has 7 heteroatoms. The summed E-state index contributed by atoms with van der Waals surface area (Å²) in [5.74, 6) is 0.00292. The second-order valence-corrected chi connectivity index (χ2v) is 5.73. The quantitative estimate of drug-likeness (QED) is 0.896. The molecule has 0 radical (unpaired) electrons. The molecule has 6 nitrogen and oxygen atoms in total. The molecule has 0 amide bonds. The third kappa shape index (κ3) is 2.70. The molecule has 20 heavy (non-hydrogen) atoms. The number of anilines is 1. The SMILES string of the molecule is Cc1c(O)cccc1NS(=O)(=O)c1ccc(C#N)nc1. The number of hydrogen-bond donors (Lipinski definition) is 2. The molecule has 2 rings (SSSR count). The minimum absolute atomic E-state index is 0.00292. The third-order valence-corrected chi connectivity index (χ3v) is 4.06. The Morgan fingerprint density at radius 1 is 1.30 bits per heavy atom. The molecule has 2 N–H and O–H groups in total. The van der Waals surface area contributed by atoms with E-state index in [1.807, 2.05) is 6.07 Å². The number of pyridine rings is 1. The van der Waals surface area contributed by atoms with Crippen molar-refractivity contribution >= 4 is 15.7 Å². The number of phenolic OH excluding ortho intramolecular Hbond substituents is 1. The summed E-state index contributed by atoms with van der Waals surface area (Å²) in [4.78, 5) is 3.66. The van der Waals surface area contributed by atoms with Gasteiger partial charge in [-0.1, -0.05) is 6.07 Å². The van der Waals surface area contributed by atoms with E-state index in [2.05, 4.69) is 9.71 Å². The monoisotopic (exact) mass is 289 g/mol. The lowest BCUT2D eigenvalue weighted by Gasteiger charge is -2.11. The van der Waals surface area contributed by atoms with Gasteiger partial charge in [-0.25, -0.2) is 13.4 Å². The smallest absolute Gasteiger partial charge is 0.263 e. The summed E-state index contributed by atoms with van der Waals surface area (Å²) in [5.41, 5.74) is 0.851. The zero-order valence-corrected chi connectivity index (χ0v) is 11.3. The fraction of sp³-hybridized carbons (Fsp3) is 0.0769. The number of aromatic hydroxyl groups is 1. The van der Waals surface area contributed by atoms with Crippen LogP contribution >= 0.6 is 0 Å². The first-order valence-corrected chi connectivity index (χ1v) is 7.10. The molecule has 2 aromatic rings. The van der Waals surface area contributed by atoms with Gasteiger partial charge < -0.3 is 5.11 Å². The van der Waals surface area contributed by atoms with Crippen LogP contribution in [0, 0.1) is 18.3 Å². The lowest BCUT2D eigenvalue weighted by Crippen LogP contribution is -2.14. The minimum atomic E-state index is -3.81. The summed E-state index contributed by atoms with van der Waals surface area (Å²) in [6.45, 7) is 1.60. The van der Waals surface area contributed by atoms with Gasteiger partial charge in [-0.05, 0) is 31.2 Å². The fourth-order valence-electron chi connectivity index (χ4n) is 1.54. The largest absolute Gasteiger partial charge is 0.508 e. The zero-order valence-electron chi connectivity index (χ0n) is 10.5. The summed E-state index contributed by atoms with van der Waals surface area (Å²) in [6, 6.07) is 8.99. The minimum Gasteiger partial charge on any atom is -0.508 e. The number of hydrogen-bond acceptors (Lipinski definition) is 5. The molecule has 0 saturated carbocycles. The van der Waals surface area contributed by atoms with Gasteiger partial charge in [0.15, 0.2) is 0 Å². The van der Waals surface area contributed by atoms with E-state index in [4.69, 9.17) is 5.26 Å². The lowest BCUT2D eigenvalue weighted by molar-refractivity contribution is 0.471. The maximum absolute atomic E-state index is 12.1. The Balaban J connectivity index is 2.36. The highest BCUT2D eigenvalue weighted by Crippen LogP contribution is 2.26. The Hall–Kier alpha value is -2.59. The van der Waals surface area contributed by atoms with Crippen molar-refractivity contribution in [3.05, 3.63) is 47.8 Å². The molecule has 0 aliphatic heterocycles. The Morgan fingerprint density at radius 2 is 2.05 bits per heavy atom. The number of rotatable bonds is 3. The van der Waals surface area contributed by atoms with Crippen molar-refractivity contribution in [2.24, 2.45) is 0 Å². The van der Waals surface area contributed by atoms with Crippen LogP contribution in [0.5, 0.6) is 5.75 Å². The predicted molar refractivity (Wildman–Crippen MR) is 72.6 cm³/mol. The van der Waals surface area contributed by atoms with Gasteiger partial charge in [-0.2, -0.15) is 5.26 Å². The molecule has 1 heterocycles. The molecule has 0 unspecified atom stereocenters. The van der Waals surface area contributed by atoms with E-state index in [0.717, 1.165) is 6.20 Å². The highest BCUT2D eigenvalue weighted by Gasteiger charge is 2.16. The second-order valence-electron chi connectivity index (χ2n) is 4.05. The van der Waals surface area contributed by atoms with Crippen LogP contribution in [0.1, 0.15) is 11.3 Å². The first-order valence-electron chi connectivity index (χ1n) is 5.61. The maximum atomic E-state index is 12.1. The van der Waals surface area contributed by atoms with Crippen LogP contribution in [0.15, 0.2) is 41.4 Å². The lowest BCUT2D eigenvalue weighted by atomic mass is 10.2. The van der Waals surface area contributed by atoms with E-state index >= 15 is 0 Å². The van der Waals surface area contributed by atoms with Gasteiger partial charge in [-0.3, -0.25) is 4.72 Å². The number of nitrogens with zero attached hydrogens (tertiary/aromatic N) is 2. The van der Waals surface area contributed by atoms with E-state index in [1.54, 1.807) is 13.0 Å². The van der Waals surface area contributed by atoms with E-state index < -0.39 is 10.0 Å². The van der Waals surface area contributed by atoms with Gasteiger partial charge >= 0.3 is 0 Å². The molecule has 0 saturated heterocycles. The van der Waals surface area contributed by atoms with Crippen LogP contribution in [0.4, 0.5) is 5.69 Å². The number of aromatic nitrogens is 1. The summed E-state index contributed by atoms with van der Waals surface area (Å²) in [6.07, 6.45) is 1.11. The van der Waals surface area contributed by atoms with Crippen molar-refractivity contribution in [1.82, 2.24) is 4.98 Å².